The summed E-state index contributed by atoms with van der Waals surface area (Å²) >= 11 is 0. The fourth-order valence-electron chi connectivity index (χ4n) is 2.48. The Bertz CT molecular complexity index is 675. The number of hydrogen-bond donors (Lipinski definition) is 2. The largest absolute Gasteiger partial charge is 0.497 e. The van der Waals surface area contributed by atoms with Crippen LogP contribution in [0.25, 0.3) is 0 Å². The van der Waals surface area contributed by atoms with Crippen molar-refractivity contribution in [2.75, 3.05) is 27.8 Å². The summed E-state index contributed by atoms with van der Waals surface area (Å²) in [5.41, 5.74) is 2.46. The Kier molecular flexibility index (Phi) is 10.5. The van der Waals surface area contributed by atoms with Gasteiger partial charge in [-0.25, -0.2) is 0 Å². The predicted octanol–water partition coefficient (Wildman–Crippen LogP) is 3.62. The molecule has 6 heteroatoms. The van der Waals surface area contributed by atoms with E-state index >= 15 is 0 Å². The maximum absolute atomic E-state index is 5.24. The first kappa shape index (κ1) is 22.1. The van der Waals surface area contributed by atoms with E-state index in [1.165, 1.54) is 5.56 Å². The maximum atomic E-state index is 5.24. The molecule has 2 rings (SSSR count). The molecule has 0 aliphatic heterocycles. The van der Waals surface area contributed by atoms with Gasteiger partial charge in [0.25, 0.3) is 0 Å². The van der Waals surface area contributed by atoms with E-state index in [4.69, 9.17) is 9.47 Å². The molecule has 2 aromatic rings. The Hall–Kier alpha value is -1.96. The van der Waals surface area contributed by atoms with Gasteiger partial charge in [0.15, 0.2) is 5.96 Å². The molecule has 26 heavy (non-hydrogen) atoms. The van der Waals surface area contributed by atoms with Gasteiger partial charge in [0.1, 0.15) is 11.5 Å². The second kappa shape index (κ2) is 12.4. The Morgan fingerprint density at radius 2 is 1.65 bits per heavy atom. The number of halogens is 1. The van der Waals surface area contributed by atoms with E-state index in [0.29, 0.717) is 6.54 Å². The molecule has 0 saturated carbocycles. The molecule has 0 aromatic heterocycles. The van der Waals surface area contributed by atoms with Gasteiger partial charge in [-0.1, -0.05) is 24.3 Å². The Labute approximate surface area is 173 Å². The minimum Gasteiger partial charge on any atom is -0.497 e. The fraction of sp³-hybridized carbons (Fsp3) is 0.350. The van der Waals surface area contributed by atoms with Gasteiger partial charge < -0.3 is 20.1 Å². The van der Waals surface area contributed by atoms with Gasteiger partial charge in [-0.15, -0.1) is 24.0 Å². The molecule has 0 aliphatic rings. The van der Waals surface area contributed by atoms with Gasteiger partial charge in [0, 0.05) is 20.1 Å². The molecule has 0 radical (unpaired) electrons. The number of nitrogens with zero attached hydrogens (tertiary/aromatic N) is 1. The summed E-state index contributed by atoms with van der Waals surface area (Å²) in [7, 11) is 5.14. The van der Waals surface area contributed by atoms with E-state index in [-0.39, 0.29) is 24.0 Å². The number of aryl methyl sites for hydroxylation is 1. The quantitative estimate of drug-likeness (QED) is 0.269. The Morgan fingerprint density at radius 3 is 2.31 bits per heavy atom. The summed E-state index contributed by atoms with van der Waals surface area (Å²) in [6.07, 6.45) is 2.05. The van der Waals surface area contributed by atoms with Crippen molar-refractivity contribution in [3.63, 3.8) is 0 Å². The van der Waals surface area contributed by atoms with Gasteiger partial charge >= 0.3 is 0 Å². The van der Waals surface area contributed by atoms with Crippen molar-refractivity contribution < 1.29 is 9.47 Å². The lowest BCUT2D eigenvalue weighted by atomic mass is 10.1. The standard InChI is InChI=1S/C20H27N3O2.HI/c1-21-20(23-15-17-6-4-8-19(14-17)25-3)22-13-5-7-16-9-11-18(24-2)12-10-16;/h4,6,8-12,14H,5,7,13,15H2,1-3H3,(H2,21,22,23);1H. The summed E-state index contributed by atoms with van der Waals surface area (Å²) in [4.78, 5) is 4.26. The van der Waals surface area contributed by atoms with E-state index in [9.17, 15) is 0 Å². The molecule has 5 nitrogen and oxygen atoms in total. The fourth-order valence-corrected chi connectivity index (χ4v) is 2.48. The molecule has 0 amide bonds. The molecular weight excluding hydrogens is 441 g/mol. The average Bonchev–Trinajstić information content (AvgIpc) is 2.68. The minimum absolute atomic E-state index is 0. The van der Waals surface area contributed by atoms with E-state index in [2.05, 4.69) is 33.8 Å². The second-order valence-electron chi connectivity index (χ2n) is 5.66. The number of hydrogen-bond acceptors (Lipinski definition) is 3. The van der Waals surface area contributed by atoms with Crippen LogP contribution in [0.5, 0.6) is 11.5 Å². The van der Waals surface area contributed by atoms with Crippen molar-refractivity contribution >= 4 is 29.9 Å². The number of ether oxygens (including phenoxy) is 2. The van der Waals surface area contributed by atoms with Crippen LogP contribution in [0.2, 0.25) is 0 Å². The molecule has 0 heterocycles. The molecule has 142 valence electrons. The van der Waals surface area contributed by atoms with Crippen molar-refractivity contribution in [2.24, 2.45) is 4.99 Å². The molecule has 0 unspecified atom stereocenters. The first-order chi connectivity index (χ1) is 12.2. The van der Waals surface area contributed by atoms with Crippen LogP contribution >= 0.6 is 24.0 Å². The lowest BCUT2D eigenvalue weighted by molar-refractivity contribution is 0.414. The van der Waals surface area contributed by atoms with Crippen LogP contribution in [0.1, 0.15) is 17.5 Å². The summed E-state index contributed by atoms with van der Waals surface area (Å²) in [5, 5.41) is 6.66. The third-order valence-corrected chi connectivity index (χ3v) is 3.91. The highest BCUT2D eigenvalue weighted by Crippen LogP contribution is 2.13. The van der Waals surface area contributed by atoms with Crippen LogP contribution in [0, 0.1) is 0 Å². The van der Waals surface area contributed by atoms with Crippen molar-refractivity contribution in [2.45, 2.75) is 19.4 Å². The molecule has 2 N–H and O–H groups in total. The van der Waals surface area contributed by atoms with Gasteiger partial charge in [-0.2, -0.15) is 0 Å². The monoisotopic (exact) mass is 469 g/mol. The third kappa shape index (κ3) is 7.51. The topological polar surface area (TPSA) is 54.9 Å². The van der Waals surface area contributed by atoms with Crippen LogP contribution in [-0.2, 0) is 13.0 Å². The van der Waals surface area contributed by atoms with Crippen LogP contribution < -0.4 is 20.1 Å². The molecular formula is C20H28IN3O2. The first-order valence-electron chi connectivity index (χ1n) is 8.45. The molecule has 2 aromatic carbocycles. The number of nitrogens with one attached hydrogen (secondary N) is 2. The van der Waals surface area contributed by atoms with E-state index in [1.807, 2.05) is 30.3 Å². The van der Waals surface area contributed by atoms with E-state index in [0.717, 1.165) is 42.4 Å². The van der Waals surface area contributed by atoms with E-state index < -0.39 is 0 Å². The Balaban J connectivity index is 0.00000338. The highest BCUT2D eigenvalue weighted by atomic mass is 127. The van der Waals surface area contributed by atoms with Crippen LogP contribution in [0.3, 0.4) is 0 Å². The third-order valence-electron chi connectivity index (χ3n) is 3.91. The summed E-state index contributed by atoms with van der Waals surface area (Å²) < 4.78 is 10.4. The zero-order chi connectivity index (χ0) is 17.9. The van der Waals surface area contributed by atoms with Crippen molar-refractivity contribution in [1.29, 1.82) is 0 Å². The lowest BCUT2D eigenvalue weighted by Gasteiger charge is -2.12. The van der Waals surface area contributed by atoms with Gasteiger partial charge in [-0.3, -0.25) is 4.99 Å². The van der Waals surface area contributed by atoms with Gasteiger partial charge in [-0.05, 0) is 48.2 Å². The molecule has 0 saturated heterocycles. The van der Waals surface area contributed by atoms with Crippen molar-refractivity contribution in [3.8, 4) is 11.5 Å². The number of rotatable bonds is 8. The van der Waals surface area contributed by atoms with Crippen LogP contribution in [-0.4, -0.2) is 33.8 Å². The summed E-state index contributed by atoms with van der Waals surface area (Å²) in [5.74, 6) is 2.56. The molecule has 0 atom stereocenters. The lowest BCUT2D eigenvalue weighted by Crippen LogP contribution is -2.37. The van der Waals surface area contributed by atoms with Crippen LogP contribution in [0.15, 0.2) is 53.5 Å². The number of aliphatic imine (C=N–C) groups is 1. The molecule has 0 spiro atoms. The zero-order valence-corrected chi connectivity index (χ0v) is 17.9. The second-order valence-corrected chi connectivity index (χ2v) is 5.66. The maximum Gasteiger partial charge on any atom is 0.191 e. The zero-order valence-electron chi connectivity index (χ0n) is 15.6. The molecule has 0 fully saturated rings. The van der Waals surface area contributed by atoms with Crippen LogP contribution in [0.4, 0.5) is 0 Å². The van der Waals surface area contributed by atoms with Crippen molar-refractivity contribution in [3.05, 3.63) is 59.7 Å². The summed E-state index contributed by atoms with van der Waals surface area (Å²) in [6.45, 7) is 1.57. The predicted molar refractivity (Wildman–Crippen MR) is 118 cm³/mol. The first-order valence-corrected chi connectivity index (χ1v) is 8.45. The highest BCUT2D eigenvalue weighted by molar-refractivity contribution is 14.0. The highest BCUT2D eigenvalue weighted by Gasteiger charge is 2.00. The van der Waals surface area contributed by atoms with E-state index in [1.54, 1.807) is 21.3 Å². The average molecular weight is 469 g/mol. The number of benzene rings is 2. The number of guanidine groups is 1. The SMILES string of the molecule is CN=C(NCCCc1ccc(OC)cc1)NCc1cccc(OC)c1.I. The summed E-state index contributed by atoms with van der Waals surface area (Å²) in [6, 6.07) is 16.2. The van der Waals surface area contributed by atoms with Crippen molar-refractivity contribution in [1.82, 2.24) is 10.6 Å². The molecule has 0 bridgehead atoms. The van der Waals surface area contributed by atoms with Gasteiger partial charge in [0.2, 0.25) is 0 Å². The Morgan fingerprint density at radius 1 is 0.923 bits per heavy atom. The van der Waals surface area contributed by atoms with Gasteiger partial charge in [0.05, 0.1) is 14.2 Å². The normalized spacial score (nSPS) is 10.7. The number of methoxy groups -OCH3 is 2. The minimum atomic E-state index is 0. The smallest absolute Gasteiger partial charge is 0.191 e. The molecule has 0 aliphatic carbocycles.